The molecule has 28 heavy (non-hydrogen) atoms. The number of aliphatic carboxylic acids is 1. The van der Waals surface area contributed by atoms with Crippen LogP contribution >= 0.6 is 0 Å². The Morgan fingerprint density at radius 2 is 2.25 bits per heavy atom. The first-order chi connectivity index (χ1) is 13.5. The number of esters is 1. The summed E-state index contributed by atoms with van der Waals surface area (Å²) in [5.41, 5.74) is 3.43. The fourth-order valence-corrected chi connectivity index (χ4v) is 3.83. The van der Waals surface area contributed by atoms with Crippen LogP contribution in [-0.2, 0) is 32.1 Å². The van der Waals surface area contributed by atoms with Crippen molar-refractivity contribution in [2.75, 3.05) is 20.3 Å². The van der Waals surface area contributed by atoms with E-state index in [0.717, 1.165) is 11.1 Å². The smallest absolute Gasteiger partial charge is 0.341 e. The van der Waals surface area contributed by atoms with Gasteiger partial charge in [0.15, 0.2) is 0 Å². The third-order valence-corrected chi connectivity index (χ3v) is 5.17. The summed E-state index contributed by atoms with van der Waals surface area (Å²) in [5.74, 6) is -1.10. The van der Waals surface area contributed by atoms with E-state index in [1.807, 2.05) is 13.0 Å². The van der Waals surface area contributed by atoms with Crippen molar-refractivity contribution in [2.24, 2.45) is 10.9 Å². The Balaban J connectivity index is 2.07. The number of hydrogen-bond acceptors (Lipinski definition) is 7. The summed E-state index contributed by atoms with van der Waals surface area (Å²) in [5, 5.41) is 9.12. The van der Waals surface area contributed by atoms with Gasteiger partial charge in [0, 0.05) is 17.0 Å². The van der Waals surface area contributed by atoms with E-state index in [0.29, 0.717) is 42.9 Å². The molecular formula is C20H21NO7. The van der Waals surface area contributed by atoms with Gasteiger partial charge in [-0.25, -0.2) is 9.59 Å². The van der Waals surface area contributed by atoms with Crippen LogP contribution in [0.4, 0.5) is 5.69 Å². The molecule has 0 radical (unpaired) electrons. The molecule has 0 spiro atoms. The highest BCUT2D eigenvalue weighted by Crippen LogP contribution is 2.43. The molecular weight excluding hydrogens is 366 g/mol. The molecule has 2 heterocycles. The number of cyclic esters (lactones) is 1. The van der Waals surface area contributed by atoms with Crippen LogP contribution in [0.15, 0.2) is 16.6 Å². The van der Waals surface area contributed by atoms with Crippen LogP contribution in [0.2, 0.25) is 0 Å². The molecule has 0 aromatic heterocycles. The summed E-state index contributed by atoms with van der Waals surface area (Å²) in [4.78, 5) is 38.1. The summed E-state index contributed by atoms with van der Waals surface area (Å²) in [6.45, 7) is 2.81. The molecule has 1 atom stereocenters. The van der Waals surface area contributed by atoms with Gasteiger partial charge in [0.2, 0.25) is 6.08 Å². The van der Waals surface area contributed by atoms with E-state index in [2.05, 4.69) is 4.99 Å². The van der Waals surface area contributed by atoms with Crippen LogP contribution in [0, 0.1) is 12.8 Å². The molecule has 3 rings (SSSR count). The number of aliphatic imine (C=N–C) groups is 1. The van der Waals surface area contributed by atoms with E-state index < -0.39 is 11.9 Å². The number of carbonyl (C=O) groups is 2. The van der Waals surface area contributed by atoms with E-state index >= 15 is 0 Å². The van der Waals surface area contributed by atoms with E-state index in [1.54, 1.807) is 0 Å². The number of hydrogen-bond donors (Lipinski definition) is 1. The molecule has 1 fully saturated rings. The monoisotopic (exact) mass is 387 g/mol. The lowest BCUT2D eigenvalue weighted by Crippen LogP contribution is -2.23. The molecule has 0 bridgehead atoms. The van der Waals surface area contributed by atoms with Crippen molar-refractivity contribution in [1.82, 2.24) is 0 Å². The second-order valence-corrected chi connectivity index (χ2v) is 6.72. The lowest BCUT2D eigenvalue weighted by molar-refractivity contribution is -0.138. The Morgan fingerprint density at radius 3 is 2.93 bits per heavy atom. The van der Waals surface area contributed by atoms with E-state index in [1.165, 1.54) is 13.2 Å². The number of rotatable bonds is 6. The molecule has 1 N–H and O–H groups in total. The Morgan fingerprint density at radius 1 is 1.46 bits per heavy atom. The van der Waals surface area contributed by atoms with Crippen LogP contribution in [0.25, 0.3) is 0 Å². The maximum Gasteiger partial charge on any atom is 0.341 e. The fourth-order valence-electron chi connectivity index (χ4n) is 3.83. The molecule has 0 saturated carbocycles. The van der Waals surface area contributed by atoms with Gasteiger partial charge < -0.3 is 19.3 Å². The third kappa shape index (κ3) is 3.69. The Hall–Kier alpha value is -2.96. The van der Waals surface area contributed by atoms with Crippen LogP contribution in [0.3, 0.4) is 0 Å². The summed E-state index contributed by atoms with van der Waals surface area (Å²) < 4.78 is 16.1. The number of isocyanates is 1. The Kier molecular flexibility index (Phi) is 5.92. The number of carbonyl (C=O) groups excluding carboxylic acids is 2. The number of ether oxygens (including phenoxy) is 3. The zero-order valence-electron chi connectivity index (χ0n) is 15.7. The molecule has 8 nitrogen and oxygen atoms in total. The molecule has 1 aromatic carbocycles. The summed E-state index contributed by atoms with van der Waals surface area (Å²) in [6, 6.07) is 0. The molecule has 1 unspecified atom stereocenters. The molecule has 148 valence electrons. The number of benzene rings is 1. The van der Waals surface area contributed by atoms with Gasteiger partial charge in [-0.2, -0.15) is 4.99 Å². The molecule has 0 amide bonds. The van der Waals surface area contributed by atoms with Crippen molar-refractivity contribution in [3.63, 3.8) is 0 Å². The Labute approximate surface area is 161 Å². The van der Waals surface area contributed by atoms with Gasteiger partial charge in [-0.1, -0.05) is 11.6 Å². The first-order valence-electron chi connectivity index (χ1n) is 8.93. The predicted molar refractivity (Wildman–Crippen MR) is 97.6 cm³/mol. The summed E-state index contributed by atoms with van der Waals surface area (Å²) in [7, 11) is 1.51. The zero-order valence-corrected chi connectivity index (χ0v) is 15.7. The molecule has 1 saturated heterocycles. The SMILES string of the molecule is COc1c(C)c2c(c(N=C=O)c1C/C=C1\CCOCC1CC(=O)O)C(=O)OC2. The van der Waals surface area contributed by atoms with Crippen molar-refractivity contribution < 1.29 is 33.7 Å². The average Bonchev–Trinajstić information content (AvgIpc) is 3.05. The van der Waals surface area contributed by atoms with Crippen molar-refractivity contribution in [1.29, 1.82) is 0 Å². The molecule has 8 heteroatoms. The number of allylic oxidation sites excluding steroid dienone is 1. The van der Waals surface area contributed by atoms with Crippen LogP contribution in [0.5, 0.6) is 5.75 Å². The van der Waals surface area contributed by atoms with Crippen molar-refractivity contribution in [3.8, 4) is 5.75 Å². The summed E-state index contributed by atoms with van der Waals surface area (Å²) in [6.07, 6.45) is 4.37. The third-order valence-electron chi connectivity index (χ3n) is 5.17. The predicted octanol–water partition coefficient (Wildman–Crippen LogP) is 2.62. The fraction of sp³-hybridized carbons (Fsp3) is 0.450. The van der Waals surface area contributed by atoms with Crippen LogP contribution in [0.1, 0.15) is 39.9 Å². The second-order valence-electron chi connectivity index (χ2n) is 6.72. The number of carboxylic acid groups (broad SMARTS) is 1. The van der Waals surface area contributed by atoms with E-state index in [4.69, 9.17) is 19.3 Å². The minimum absolute atomic E-state index is 0.0160. The second kappa shape index (κ2) is 8.37. The highest BCUT2D eigenvalue weighted by Gasteiger charge is 2.32. The van der Waals surface area contributed by atoms with E-state index in [9.17, 15) is 14.4 Å². The number of carboxylic acids is 1. The number of fused-ring (bicyclic) bond motifs is 1. The molecule has 2 aliphatic rings. The van der Waals surface area contributed by atoms with Crippen molar-refractivity contribution >= 4 is 23.7 Å². The molecule has 1 aromatic rings. The average molecular weight is 387 g/mol. The topological polar surface area (TPSA) is 111 Å². The summed E-state index contributed by atoms with van der Waals surface area (Å²) >= 11 is 0. The van der Waals surface area contributed by atoms with Gasteiger partial charge in [-0.05, 0) is 25.3 Å². The minimum Gasteiger partial charge on any atom is -0.496 e. The highest BCUT2D eigenvalue weighted by molar-refractivity contribution is 6.01. The van der Waals surface area contributed by atoms with Gasteiger partial charge in [-0.3, -0.25) is 4.79 Å². The standard InChI is InChI=1S/C20H21NO7/c1-11-15-9-28-20(25)17(15)18(21-10-22)14(19(11)26-2)4-3-12-5-6-27-8-13(12)7-16(23)24/h3,13H,4-9H2,1-2H3,(H,23,24)/b12-3+. The van der Waals surface area contributed by atoms with Gasteiger partial charge in [0.1, 0.15) is 12.4 Å². The normalized spacial score (nSPS) is 19.7. The van der Waals surface area contributed by atoms with Gasteiger partial charge in [0.25, 0.3) is 0 Å². The van der Waals surface area contributed by atoms with Gasteiger partial charge in [0.05, 0.1) is 38.0 Å². The maximum atomic E-state index is 12.2. The minimum atomic E-state index is -0.888. The molecule has 0 aliphatic carbocycles. The maximum absolute atomic E-state index is 12.2. The van der Waals surface area contributed by atoms with Crippen molar-refractivity contribution in [2.45, 2.75) is 32.8 Å². The van der Waals surface area contributed by atoms with Crippen LogP contribution < -0.4 is 4.74 Å². The Bertz CT molecular complexity index is 897. The van der Waals surface area contributed by atoms with Gasteiger partial charge >= 0.3 is 11.9 Å². The highest BCUT2D eigenvalue weighted by atomic mass is 16.5. The van der Waals surface area contributed by atoms with Crippen LogP contribution in [-0.4, -0.2) is 43.4 Å². The first-order valence-corrected chi connectivity index (χ1v) is 8.93. The lowest BCUT2D eigenvalue weighted by atomic mass is 9.89. The first kappa shape index (κ1) is 19.8. The molecule has 2 aliphatic heterocycles. The largest absolute Gasteiger partial charge is 0.496 e. The van der Waals surface area contributed by atoms with E-state index in [-0.39, 0.29) is 30.2 Å². The van der Waals surface area contributed by atoms with Gasteiger partial charge in [-0.15, -0.1) is 0 Å². The number of nitrogens with zero attached hydrogens (tertiary/aromatic N) is 1. The van der Waals surface area contributed by atoms with Crippen molar-refractivity contribution in [3.05, 3.63) is 33.9 Å². The lowest BCUT2D eigenvalue weighted by Gasteiger charge is -2.25. The quantitative estimate of drug-likeness (QED) is 0.346. The zero-order chi connectivity index (χ0) is 20.3. The number of methoxy groups -OCH3 is 1.